The SMILES string of the molecule is NC(=S)c1cccc(Cn2nc3n(c2=O)CCCC3)c1F. The minimum absolute atomic E-state index is 0.00540. The summed E-state index contributed by atoms with van der Waals surface area (Å²) in [4.78, 5) is 12.2. The van der Waals surface area contributed by atoms with Crippen molar-refractivity contribution in [3.05, 3.63) is 51.5 Å². The number of fused-ring (bicyclic) bond motifs is 1. The molecule has 0 spiro atoms. The third kappa shape index (κ3) is 2.49. The van der Waals surface area contributed by atoms with Crippen LogP contribution in [0.5, 0.6) is 0 Å². The first-order chi connectivity index (χ1) is 10.1. The Morgan fingerprint density at radius 3 is 2.95 bits per heavy atom. The van der Waals surface area contributed by atoms with E-state index in [1.165, 1.54) is 10.7 Å². The number of thiocarbonyl (C=S) groups is 1. The number of hydrogen-bond acceptors (Lipinski definition) is 3. The van der Waals surface area contributed by atoms with Crippen molar-refractivity contribution in [3.8, 4) is 0 Å². The lowest BCUT2D eigenvalue weighted by Gasteiger charge is -2.09. The molecule has 21 heavy (non-hydrogen) atoms. The molecule has 3 rings (SSSR count). The van der Waals surface area contributed by atoms with Crippen LogP contribution in [0.15, 0.2) is 23.0 Å². The van der Waals surface area contributed by atoms with Gasteiger partial charge in [-0.15, -0.1) is 0 Å². The molecule has 1 aliphatic heterocycles. The second-order valence-electron chi connectivity index (χ2n) is 5.11. The van der Waals surface area contributed by atoms with Gasteiger partial charge in [-0.2, -0.15) is 5.10 Å². The first-order valence-electron chi connectivity index (χ1n) is 6.81. The summed E-state index contributed by atoms with van der Waals surface area (Å²) >= 11 is 4.82. The van der Waals surface area contributed by atoms with Gasteiger partial charge in [-0.05, 0) is 18.9 Å². The van der Waals surface area contributed by atoms with E-state index in [2.05, 4.69) is 5.10 Å². The number of rotatable bonds is 3. The number of halogens is 1. The fraction of sp³-hybridized carbons (Fsp3) is 0.357. The molecular formula is C14H15FN4OS. The Kier molecular flexibility index (Phi) is 3.59. The Balaban J connectivity index is 1.98. The fourth-order valence-corrected chi connectivity index (χ4v) is 2.76. The molecule has 0 saturated heterocycles. The van der Waals surface area contributed by atoms with Crippen molar-refractivity contribution in [2.24, 2.45) is 5.73 Å². The Bertz CT molecular complexity index is 765. The van der Waals surface area contributed by atoms with Crippen LogP contribution in [-0.2, 0) is 19.5 Å². The smallest absolute Gasteiger partial charge is 0.346 e. The number of benzene rings is 1. The standard InChI is InChI=1S/C14H15FN4OS/c15-12-9(4-3-5-10(12)13(16)21)8-19-14(20)18-7-2-1-6-11(18)17-19/h3-5H,1-2,6-8H2,(H2,16,21). The van der Waals surface area contributed by atoms with Crippen molar-refractivity contribution in [1.29, 1.82) is 0 Å². The van der Waals surface area contributed by atoms with Crippen LogP contribution < -0.4 is 11.4 Å². The molecule has 1 aromatic heterocycles. The maximum absolute atomic E-state index is 14.3. The van der Waals surface area contributed by atoms with E-state index in [1.807, 2.05) is 0 Å². The molecule has 0 unspecified atom stereocenters. The summed E-state index contributed by atoms with van der Waals surface area (Å²) in [6.45, 7) is 0.769. The third-order valence-corrected chi connectivity index (χ3v) is 3.92. The summed E-state index contributed by atoms with van der Waals surface area (Å²) in [5.74, 6) is 0.292. The number of nitrogens with zero attached hydrogens (tertiary/aromatic N) is 3. The van der Waals surface area contributed by atoms with Gasteiger partial charge in [0.1, 0.15) is 16.6 Å². The van der Waals surface area contributed by atoms with Gasteiger partial charge in [0.2, 0.25) is 0 Å². The average molecular weight is 306 g/mol. The molecule has 0 bridgehead atoms. The Morgan fingerprint density at radius 1 is 1.43 bits per heavy atom. The minimum Gasteiger partial charge on any atom is -0.389 e. The van der Waals surface area contributed by atoms with Crippen LogP contribution in [0.3, 0.4) is 0 Å². The molecule has 7 heteroatoms. The molecule has 1 aliphatic rings. The molecule has 0 aliphatic carbocycles. The summed E-state index contributed by atoms with van der Waals surface area (Å²) in [6.07, 6.45) is 2.79. The van der Waals surface area contributed by atoms with Gasteiger partial charge in [0.25, 0.3) is 0 Å². The number of nitrogens with two attached hydrogens (primary N) is 1. The van der Waals surface area contributed by atoms with Crippen LogP contribution in [0.4, 0.5) is 4.39 Å². The topological polar surface area (TPSA) is 65.8 Å². The molecule has 2 N–H and O–H groups in total. The largest absolute Gasteiger partial charge is 0.389 e. The quantitative estimate of drug-likeness (QED) is 0.866. The van der Waals surface area contributed by atoms with Crippen molar-refractivity contribution in [2.75, 3.05) is 0 Å². The highest BCUT2D eigenvalue weighted by Gasteiger charge is 2.18. The molecular weight excluding hydrogens is 291 g/mol. The highest BCUT2D eigenvalue weighted by atomic mass is 32.1. The van der Waals surface area contributed by atoms with E-state index >= 15 is 0 Å². The first-order valence-corrected chi connectivity index (χ1v) is 7.22. The van der Waals surface area contributed by atoms with Crippen molar-refractivity contribution in [2.45, 2.75) is 32.4 Å². The normalized spacial score (nSPS) is 14.0. The van der Waals surface area contributed by atoms with Crippen molar-refractivity contribution >= 4 is 17.2 Å². The molecule has 5 nitrogen and oxygen atoms in total. The Hall–Kier alpha value is -2.02. The van der Waals surface area contributed by atoms with Crippen molar-refractivity contribution in [1.82, 2.24) is 14.3 Å². The highest BCUT2D eigenvalue weighted by Crippen LogP contribution is 2.15. The van der Waals surface area contributed by atoms with E-state index in [9.17, 15) is 9.18 Å². The van der Waals surface area contributed by atoms with E-state index in [-0.39, 0.29) is 22.8 Å². The van der Waals surface area contributed by atoms with Gasteiger partial charge >= 0.3 is 5.69 Å². The Labute approximate surface area is 126 Å². The summed E-state index contributed by atoms with van der Waals surface area (Å²) in [7, 11) is 0. The van der Waals surface area contributed by atoms with E-state index in [0.717, 1.165) is 25.1 Å². The summed E-state index contributed by atoms with van der Waals surface area (Å²) < 4.78 is 17.3. The van der Waals surface area contributed by atoms with Gasteiger partial charge in [-0.25, -0.2) is 13.9 Å². The summed E-state index contributed by atoms with van der Waals surface area (Å²) in [6, 6.07) is 4.82. The predicted octanol–water partition coefficient (Wildman–Crippen LogP) is 1.20. The summed E-state index contributed by atoms with van der Waals surface area (Å²) in [5, 5.41) is 4.30. The number of hydrogen-bond donors (Lipinski definition) is 1. The van der Waals surface area contributed by atoms with Gasteiger partial charge < -0.3 is 5.73 Å². The van der Waals surface area contributed by atoms with Gasteiger partial charge in [-0.3, -0.25) is 4.57 Å². The zero-order valence-corrected chi connectivity index (χ0v) is 12.2. The van der Waals surface area contributed by atoms with Crippen LogP contribution in [0.1, 0.15) is 29.8 Å². The number of aryl methyl sites for hydroxylation is 1. The lowest BCUT2D eigenvalue weighted by Crippen LogP contribution is -2.27. The lowest BCUT2D eigenvalue weighted by atomic mass is 10.1. The molecule has 2 aromatic rings. The molecule has 1 aromatic carbocycles. The zero-order chi connectivity index (χ0) is 15.0. The number of aromatic nitrogens is 3. The average Bonchev–Trinajstić information content (AvgIpc) is 2.78. The van der Waals surface area contributed by atoms with Gasteiger partial charge in [0.15, 0.2) is 0 Å². The zero-order valence-electron chi connectivity index (χ0n) is 11.4. The maximum atomic E-state index is 14.3. The molecule has 0 fully saturated rings. The van der Waals surface area contributed by atoms with Gasteiger partial charge in [0, 0.05) is 24.1 Å². The first kappa shape index (κ1) is 13.9. The van der Waals surface area contributed by atoms with Gasteiger partial charge in [0.05, 0.1) is 6.54 Å². The minimum atomic E-state index is -0.483. The Morgan fingerprint density at radius 2 is 2.24 bits per heavy atom. The van der Waals surface area contributed by atoms with Crippen molar-refractivity contribution < 1.29 is 4.39 Å². The van der Waals surface area contributed by atoms with E-state index < -0.39 is 5.82 Å². The fourth-order valence-electron chi connectivity index (χ4n) is 2.61. The third-order valence-electron chi connectivity index (χ3n) is 3.70. The molecule has 0 atom stereocenters. The molecule has 0 saturated carbocycles. The van der Waals surface area contributed by atoms with Gasteiger partial charge in [-0.1, -0.05) is 24.4 Å². The van der Waals surface area contributed by atoms with Crippen LogP contribution in [0, 0.1) is 5.82 Å². The highest BCUT2D eigenvalue weighted by molar-refractivity contribution is 7.80. The van der Waals surface area contributed by atoms with Crippen LogP contribution in [-0.4, -0.2) is 19.3 Å². The van der Waals surface area contributed by atoms with Crippen LogP contribution >= 0.6 is 12.2 Å². The van der Waals surface area contributed by atoms with E-state index in [1.54, 1.807) is 16.7 Å². The summed E-state index contributed by atoms with van der Waals surface area (Å²) in [5.41, 5.74) is 5.85. The molecule has 2 heterocycles. The second-order valence-corrected chi connectivity index (χ2v) is 5.55. The maximum Gasteiger partial charge on any atom is 0.346 e. The van der Waals surface area contributed by atoms with Crippen molar-refractivity contribution in [3.63, 3.8) is 0 Å². The van der Waals surface area contributed by atoms with E-state index in [4.69, 9.17) is 18.0 Å². The van der Waals surface area contributed by atoms with Crippen LogP contribution in [0.25, 0.3) is 0 Å². The van der Waals surface area contributed by atoms with Crippen LogP contribution in [0.2, 0.25) is 0 Å². The van der Waals surface area contributed by atoms with E-state index in [0.29, 0.717) is 12.1 Å². The second kappa shape index (κ2) is 5.40. The lowest BCUT2D eigenvalue weighted by molar-refractivity contribution is 0.511. The molecule has 0 radical (unpaired) electrons. The molecule has 110 valence electrons. The monoisotopic (exact) mass is 306 g/mol. The predicted molar refractivity (Wildman–Crippen MR) is 80.8 cm³/mol. The molecule has 0 amide bonds.